The summed E-state index contributed by atoms with van der Waals surface area (Å²) in [6.45, 7) is 5.17. The van der Waals surface area contributed by atoms with Gasteiger partial charge in [0.15, 0.2) is 0 Å². The first kappa shape index (κ1) is 15.1. The van der Waals surface area contributed by atoms with E-state index in [0.29, 0.717) is 5.56 Å². The summed E-state index contributed by atoms with van der Waals surface area (Å²) in [5.41, 5.74) is 1.35. The zero-order valence-electron chi connectivity index (χ0n) is 11.0. The molecule has 0 aliphatic carbocycles. The Morgan fingerprint density at radius 1 is 1.16 bits per heavy atom. The fourth-order valence-electron chi connectivity index (χ4n) is 1.46. The molecule has 19 heavy (non-hydrogen) atoms. The van der Waals surface area contributed by atoms with Gasteiger partial charge in [0.25, 0.3) is 5.91 Å². The molecule has 0 unspecified atom stereocenters. The van der Waals surface area contributed by atoms with Gasteiger partial charge in [-0.25, -0.2) is 4.79 Å². The molecule has 0 aliphatic rings. The number of benzene rings is 1. The topological polar surface area (TPSA) is 66.5 Å². The van der Waals surface area contributed by atoms with E-state index in [-0.39, 0.29) is 0 Å². The molecule has 1 aromatic carbocycles. The van der Waals surface area contributed by atoms with Gasteiger partial charge >= 0.3 is 6.03 Å². The number of hydrogen-bond acceptors (Lipinski definition) is 4. The van der Waals surface area contributed by atoms with Crippen molar-refractivity contribution in [2.24, 2.45) is 0 Å². The van der Waals surface area contributed by atoms with E-state index in [9.17, 15) is 14.4 Å². The largest absolute Gasteiger partial charge is 0.718 e. The summed E-state index contributed by atoms with van der Waals surface area (Å²) in [6.07, 6.45) is 0. The molecule has 0 saturated carbocycles. The first-order valence-corrected chi connectivity index (χ1v) is 6.16. The van der Waals surface area contributed by atoms with Crippen LogP contribution < -0.4 is 5.32 Å². The molecule has 1 rings (SSSR count). The summed E-state index contributed by atoms with van der Waals surface area (Å²) >= 11 is 4.45. The van der Waals surface area contributed by atoms with Gasteiger partial charge in [0.05, 0.1) is 0 Å². The fraction of sp³-hybridized carbons (Fsp3) is 0.308. The Balaban J connectivity index is 2.78. The van der Waals surface area contributed by atoms with Crippen LogP contribution in [0.2, 0.25) is 0 Å². The van der Waals surface area contributed by atoms with Crippen LogP contribution in [0.15, 0.2) is 24.3 Å². The van der Waals surface area contributed by atoms with Gasteiger partial charge in [-0.2, -0.15) is 0 Å². The second kappa shape index (κ2) is 6.29. The molecule has 0 radical (unpaired) electrons. The third-order valence-corrected chi connectivity index (χ3v) is 2.66. The quantitative estimate of drug-likeness (QED) is 0.843. The molecular formula is C13H15N2O3S-. The highest BCUT2D eigenvalue weighted by molar-refractivity contribution is 7.77. The summed E-state index contributed by atoms with van der Waals surface area (Å²) < 4.78 is 0. The highest BCUT2D eigenvalue weighted by atomic mass is 32.1. The van der Waals surface area contributed by atoms with Gasteiger partial charge in [0, 0.05) is 11.6 Å². The number of carbonyl (C=O) groups is 3. The third kappa shape index (κ3) is 4.03. The van der Waals surface area contributed by atoms with Crippen LogP contribution in [0.1, 0.15) is 29.8 Å². The van der Waals surface area contributed by atoms with E-state index in [2.05, 4.69) is 17.9 Å². The maximum absolute atomic E-state index is 11.8. The number of rotatable bonds is 2. The maximum Gasteiger partial charge on any atom is 0.329 e. The average molecular weight is 279 g/mol. The van der Waals surface area contributed by atoms with Crippen LogP contribution in [0.4, 0.5) is 9.59 Å². The highest BCUT2D eigenvalue weighted by Gasteiger charge is 2.20. The first-order chi connectivity index (χ1) is 8.82. The molecule has 5 nitrogen and oxygen atoms in total. The maximum atomic E-state index is 11.8. The Hall–Kier alpha value is -1.95. The molecule has 0 aromatic heterocycles. The van der Waals surface area contributed by atoms with E-state index < -0.39 is 23.2 Å². The van der Waals surface area contributed by atoms with Crippen molar-refractivity contribution >= 4 is 29.8 Å². The number of nitrogens with zero attached hydrogens (tertiary/aromatic N) is 1. The van der Waals surface area contributed by atoms with Crippen LogP contribution in [0, 0.1) is 6.92 Å². The lowest BCUT2D eigenvalue weighted by Crippen LogP contribution is -2.48. The zero-order valence-corrected chi connectivity index (χ0v) is 11.8. The fourth-order valence-corrected chi connectivity index (χ4v) is 1.76. The van der Waals surface area contributed by atoms with Crippen LogP contribution in [0.5, 0.6) is 0 Å². The third-order valence-electron chi connectivity index (χ3n) is 2.47. The van der Waals surface area contributed by atoms with Crippen molar-refractivity contribution in [1.82, 2.24) is 10.2 Å². The first-order valence-electron chi connectivity index (χ1n) is 5.75. The van der Waals surface area contributed by atoms with Crippen molar-refractivity contribution in [1.29, 1.82) is 0 Å². The van der Waals surface area contributed by atoms with E-state index in [0.717, 1.165) is 10.5 Å². The number of hydrogen-bond donors (Lipinski definition) is 1. The molecule has 0 aliphatic heterocycles. The monoisotopic (exact) mass is 279 g/mol. The SMILES string of the molecule is Cc1ccc(C(=O)NC(=O)N(C(=O)[S-])C(C)C)cc1. The van der Waals surface area contributed by atoms with Gasteiger partial charge in [0.1, 0.15) is 5.24 Å². The van der Waals surface area contributed by atoms with Crippen molar-refractivity contribution in [2.45, 2.75) is 26.8 Å². The Morgan fingerprint density at radius 2 is 1.68 bits per heavy atom. The lowest BCUT2D eigenvalue weighted by molar-refractivity contribution is 0.0954. The number of amides is 4. The molecule has 0 heterocycles. The second-order valence-electron chi connectivity index (χ2n) is 4.35. The van der Waals surface area contributed by atoms with Crippen LogP contribution >= 0.6 is 0 Å². The molecule has 6 heteroatoms. The smallest absolute Gasteiger partial charge is 0.329 e. The lowest BCUT2D eigenvalue weighted by atomic mass is 10.1. The highest BCUT2D eigenvalue weighted by Crippen LogP contribution is 2.05. The Bertz CT molecular complexity index is 497. The Labute approximate surface area is 117 Å². The molecule has 4 amide bonds. The normalized spacial score (nSPS) is 10.1. The van der Waals surface area contributed by atoms with Gasteiger partial charge in [-0.3, -0.25) is 15.0 Å². The second-order valence-corrected chi connectivity index (χ2v) is 4.70. The number of carbonyl (C=O) groups excluding carboxylic acids is 3. The number of aryl methyl sites for hydroxylation is 1. The van der Waals surface area contributed by atoms with Gasteiger partial charge in [-0.05, 0) is 32.9 Å². The zero-order chi connectivity index (χ0) is 14.6. The molecule has 102 valence electrons. The molecule has 0 atom stereocenters. The van der Waals surface area contributed by atoms with Crippen molar-refractivity contribution in [3.05, 3.63) is 35.4 Å². The minimum Gasteiger partial charge on any atom is -0.718 e. The van der Waals surface area contributed by atoms with E-state index in [1.807, 2.05) is 6.92 Å². The Kier molecular flexibility index (Phi) is 5.00. The molecular weight excluding hydrogens is 264 g/mol. The van der Waals surface area contributed by atoms with E-state index in [4.69, 9.17) is 0 Å². The van der Waals surface area contributed by atoms with E-state index in [1.54, 1.807) is 38.1 Å². The van der Waals surface area contributed by atoms with Crippen LogP contribution in [-0.2, 0) is 12.6 Å². The molecule has 0 fully saturated rings. The predicted octanol–water partition coefficient (Wildman–Crippen LogP) is 2.22. The minimum absolute atomic E-state index is 0.347. The molecule has 0 saturated heterocycles. The Morgan fingerprint density at radius 3 is 2.11 bits per heavy atom. The van der Waals surface area contributed by atoms with Gasteiger partial charge in [0.2, 0.25) is 0 Å². The number of nitrogens with one attached hydrogen (secondary N) is 1. The summed E-state index contributed by atoms with van der Waals surface area (Å²) in [5.74, 6) is -0.563. The van der Waals surface area contributed by atoms with Crippen LogP contribution in [0.25, 0.3) is 0 Å². The average Bonchev–Trinajstić information content (AvgIpc) is 2.28. The molecule has 0 bridgehead atoms. The summed E-state index contributed by atoms with van der Waals surface area (Å²) in [4.78, 5) is 35.6. The van der Waals surface area contributed by atoms with E-state index >= 15 is 0 Å². The number of imide groups is 2. The standard InChI is InChI=1S/C13H16N2O3S/c1-8(2)15(13(18)19)12(17)14-11(16)10-6-4-9(3)5-7-10/h4-8H,1-3H3,(H,18,19)(H,14,16,17)/p-1. The number of urea groups is 1. The van der Waals surface area contributed by atoms with Crippen molar-refractivity contribution in [3.63, 3.8) is 0 Å². The van der Waals surface area contributed by atoms with Gasteiger partial charge < -0.3 is 17.4 Å². The summed E-state index contributed by atoms with van der Waals surface area (Å²) in [5, 5.41) is 1.32. The van der Waals surface area contributed by atoms with Crippen LogP contribution in [-0.4, -0.2) is 28.1 Å². The molecule has 1 N–H and O–H groups in total. The van der Waals surface area contributed by atoms with Gasteiger partial charge in [-0.1, -0.05) is 17.7 Å². The van der Waals surface area contributed by atoms with Crippen molar-refractivity contribution < 1.29 is 14.4 Å². The van der Waals surface area contributed by atoms with Gasteiger partial charge in [-0.15, -0.1) is 0 Å². The van der Waals surface area contributed by atoms with E-state index in [1.165, 1.54) is 0 Å². The van der Waals surface area contributed by atoms with Crippen molar-refractivity contribution in [3.8, 4) is 0 Å². The predicted molar refractivity (Wildman–Crippen MR) is 73.8 cm³/mol. The molecule has 1 aromatic rings. The lowest BCUT2D eigenvalue weighted by Gasteiger charge is -2.27. The van der Waals surface area contributed by atoms with Crippen LogP contribution in [0.3, 0.4) is 0 Å². The molecule has 0 spiro atoms. The summed E-state index contributed by atoms with van der Waals surface area (Å²) in [6, 6.07) is 5.52. The summed E-state index contributed by atoms with van der Waals surface area (Å²) in [7, 11) is 0. The minimum atomic E-state index is -0.816. The van der Waals surface area contributed by atoms with Crippen molar-refractivity contribution in [2.75, 3.05) is 0 Å².